The minimum atomic E-state index is -0.646. The molecule has 0 unspecified atom stereocenters. The minimum Gasteiger partial charge on any atom is -0.496 e. The van der Waals surface area contributed by atoms with Crippen molar-refractivity contribution in [3.63, 3.8) is 0 Å². The van der Waals surface area contributed by atoms with Crippen molar-refractivity contribution in [2.24, 2.45) is 0 Å². The van der Waals surface area contributed by atoms with Gasteiger partial charge in [-0.25, -0.2) is 4.79 Å². The Morgan fingerprint density at radius 3 is 2.47 bits per heavy atom. The molecule has 0 radical (unpaired) electrons. The predicted molar refractivity (Wildman–Crippen MR) is 69.9 cm³/mol. The Hall–Kier alpha value is -2.31. The molecular weight excluding hydrogens is 252 g/mol. The summed E-state index contributed by atoms with van der Waals surface area (Å²) in [5.41, 5.74) is 0.227. The molecule has 0 aliphatic heterocycles. The highest BCUT2D eigenvalue weighted by molar-refractivity contribution is 5.95. The third-order valence-electron chi connectivity index (χ3n) is 2.47. The van der Waals surface area contributed by atoms with E-state index in [0.717, 1.165) is 0 Å². The molecule has 0 saturated carbocycles. The molecule has 0 aromatic heterocycles. The van der Waals surface area contributed by atoms with Crippen molar-refractivity contribution in [1.82, 2.24) is 0 Å². The fraction of sp³-hybridized carbons (Fsp3) is 0.417. The summed E-state index contributed by atoms with van der Waals surface area (Å²) in [6, 6.07) is 2.62. The Morgan fingerprint density at radius 1 is 1.42 bits per heavy atom. The lowest BCUT2D eigenvalue weighted by atomic mass is 10.1. The van der Waals surface area contributed by atoms with Gasteiger partial charge in [-0.15, -0.1) is 0 Å². The van der Waals surface area contributed by atoms with Crippen LogP contribution in [0.25, 0.3) is 0 Å². The van der Waals surface area contributed by atoms with E-state index < -0.39 is 10.9 Å². The van der Waals surface area contributed by atoms with Crippen LogP contribution in [0.5, 0.6) is 5.75 Å². The van der Waals surface area contributed by atoms with Crippen LogP contribution in [0.3, 0.4) is 0 Å². The van der Waals surface area contributed by atoms with Crippen LogP contribution < -0.4 is 9.64 Å². The Morgan fingerprint density at radius 2 is 2.05 bits per heavy atom. The number of rotatable bonds is 5. The molecule has 0 heterocycles. The topological polar surface area (TPSA) is 81.9 Å². The number of carbonyl (C=O) groups excluding carboxylic acids is 1. The quantitative estimate of drug-likeness (QED) is 0.460. The third-order valence-corrected chi connectivity index (χ3v) is 2.47. The highest BCUT2D eigenvalue weighted by Crippen LogP contribution is 2.34. The molecule has 0 amide bonds. The second kappa shape index (κ2) is 6.03. The molecule has 1 aromatic rings. The molecule has 0 atom stereocenters. The first-order chi connectivity index (χ1) is 8.92. The Labute approximate surface area is 110 Å². The highest BCUT2D eigenvalue weighted by atomic mass is 16.6. The maximum atomic E-state index is 11.7. The average Bonchev–Trinajstić information content (AvgIpc) is 2.37. The van der Waals surface area contributed by atoms with Gasteiger partial charge < -0.3 is 14.4 Å². The zero-order valence-electron chi connectivity index (χ0n) is 11.3. The number of benzene rings is 1. The van der Waals surface area contributed by atoms with Crippen molar-refractivity contribution < 1.29 is 19.2 Å². The number of nitrogens with zero attached hydrogens (tertiary/aromatic N) is 2. The molecule has 7 nitrogen and oxygen atoms in total. The van der Waals surface area contributed by atoms with Crippen molar-refractivity contribution >= 4 is 17.3 Å². The van der Waals surface area contributed by atoms with Crippen LogP contribution in [0.2, 0.25) is 0 Å². The molecule has 0 spiro atoms. The normalized spacial score (nSPS) is 9.89. The molecule has 19 heavy (non-hydrogen) atoms. The number of hydrogen-bond acceptors (Lipinski definition) is 6. The summed E-state index contributed by atoms with van der Waals surface area (Å²) in [5.74, 6) is -0.402. The van der Waals surface area contributed by atoms with Crippen LogP contribution in [0.1, 0.15) is 17.3 Å². The van der Waals surface area contributed by atoms with Gasteiger partial charge in [-0.2, -0.15) is 0 Å². The molecular formula is C12H16N2O5. The van der Waals surface area contributed by atoms with E-state index in [-0.39, 0.29) is 23.6 Å². The summed E-state index contributed by atoms with van der Waals surface area (Å²) in [5, 5.41) is 11.0. The van der Waals surface area contributed by atoms with E-state index in [0.29, 0.717) is 5.69 Å². The van der Waals surface area contributed by atoms with E-state index in [2.05, 4.69) is 0 Å². The lowest BCUT2D eigenvalue weighted by Gasteiger charge is -2.15. The van der Waals surface area contributed by atoms with Crippen LogP contribution in [0.15, 0.2) is 12.1 Å². The summed E-state index contributed by atoms with van der Waals surface area (Å²) in [4.78, 5) is 23.8. The molecule has 0 N–H and O–H groups in total. The summed E-state index contributed by atoms with van der Waals surface area (Å²) in [6.07, 6.45) is 0. The summed E-state index contributed by atoms with van der Waals surface area (Å²) < 4.78 is 9.94. The van der Waals surface area contributed by atoms with E-state index in [9.17, 15) is 14.9 Å². The van der Waals surface area contributed by atoms with Crippen molar-refractivity contribution in [3.8, 4) is 5.75 Å². The van der Waals surface area contributed by atoms with Gasteiger partial charge in [-0.1, -0.05) is 0 Å². The third kappa shape index (κ3) is 3.12. The number of methoxy groups -OCH3 is 1. The Kier molecular flexibility index (Phi) is 4.68. The fourth-order valence-electron chi connectivity index (χ4n) is 1.60. The van der Waals surface area contributed by atoms with E-state index in [1.165, 1.54) is 19.2 Å². The van der Waals surface area contributed by atoms with Crippen molar-refractivity contribution in [2.75, 3.05) is 32.7 Å². The van der Waals surface area contributed by atoms with E-state index >= 15 is 0 Å². The largest absolute Gasteiger partial charge is 0.496 e. The number of carbonyl (C=O) groups is 1. The van der Waals surface area contributed by atoms with Gasteiger partial charge in [0, 0.05) is 26.2 Å². The molecule has 0 aliphatic carbocycles. The van der Waals surface area contributed by atoms with Gasteiger partial charge in [0.25, 0.3) is 5.69 Å². The lowest BCUT2D eigenvalue weighted by molar-refractivity contribution is -0.384. The predicted octanol–water partition coefficient (Wildman–Crippen LogP) is 1.85. The molecule has 1 aromatic carbocycles. The van der Waals surface area contributed by atoms with E-state index in [1.54, 1.807) is 25.9 Å². The van der Waals surface area contributed by atoms with Crippen LogP contribution in [-0.4, -0.2) is 38.7 Å². The maximum Gasteiger partial charge on any atom is 0.342 e. The Bertz CT molecular complexity index is 499. The standard InChI is InChI=1S/C12H16N2O5/c1-5-19-12(15)8-6-10(14(16)17)9(13(2)3)7-11(8)18-4/h6-7H,5H2,1-4H3. The fourth-order valence-corrected chi connectivity index (χ4v) is 1.60. The lowest BCUT2D eigenvalue weighted by Crippen LogP contribution is -2.14. The van der Waals surface area contributed by atoms with Crippen LogP contribution in [-0.2, 0) is 4.74 Å². The second-order valence-electron chi connectivity index (χ2n) is 3.91. The Balaban J connectivity index is 3.43. The van der Waals surface area contributed by atoms with Crippen molar-refractivity contribution in [2.45, 2.75) is 6.92 Å². The summed E-state index contributed by atoms with van der Waals surface area (Å²) >= 11 is 0. The molecule has 0 saturated heterocycles. The number of anilines is 1. The zero-order valence-corrected chi connectivity index (χ0v) is 11.3. The molecule has 7 heteroatoms. The number of nitro benzene ring substituents is 1. The monoisotopic (exact) mass is 268 g/mol. The molecule has 1 rings (SSSR count). The van der Waals surface area contributed by atoms with Crippen molar-refractivity contribution in [1.29, 1.82) is 0 Å². The van der Waals surface area contributed by atoms with Gasteiger partial charge in [0.2, 0.25) is 0 Å². The van der Waals surface area contributed by atoms with Crippen LogP contribution >= 0.6 is 0 Å². The van der Waals surface area contributed by atoms with Gasteiger partial charge >= 0.3 is 5.97 Å². The van der Waals surface area contributed by atoms with Gasteiger partial charge in [-0.05, 0) is 6.92 Å². The van der Waals surface area contributed by atoms with Crippen molar-refractivity contribution in [3.05, 3.63) is 27.8 Å². The average molecular weight is 268 g/mol. The SMILES string of the molecule is CCOC(=O)c1cc([N+](=O)[O-])c(N(C)C)cc1OC. The first-order valence-electron chi connectivity index (χ1n) is 5.63. The maximum absolute atomic E-state index is 11.7. The number of esters is 1. The first kappa shape index (κ1) is 14.7. The molecule has 0 fully saturated rings. The van der Waals surface area contributed by atoms with Gasteiger partial charge in [0.05, 0.1) is 18.6 Å². The number of ether oxygens (including phenoxy) is 2. The number of hydrogen-bond donors (Lipinski definition) is 0. The zero-order chi connectivity index (χ0) is 14.6. The number of nitro groups is 1. The minimum absolute atomic E-state index is 0.0432. The van der Waals surface area contributed by atoms with E-state index in [4.69, 9.17) is 9.47 Å². The van der Waals surface area contributed by atoms with Gasteiger partial charge in [0.1, 0.15) is 17.0 Å². The highest BCUT2D eigenvalue weighted by Gasteiger charge is 2.24. The van der Waals surface area contributed by atoms with Crippen LogP contribution in [0.4, 0.5) is 11.4 Å². The van der Waals surface area contributed by atoms with Gasteiger partial charge in [-0.3, -0.25) is 10.1 Å². The summed E-state index contributed by atoms with van der Waals surface area (Å²) in [6.45, 7) is 1.85. The van der Waals surface area contributed by atoms with E-state index in [1.807, 2.05) is 0 Å². The molecule has 0 bridgehead atoms. The van der Waals surface area contributed by atoms with Crippen LogP contribution in [0, 0.1) is 10.1 Å². The first-order valence-corrected chi connectivity index (χ1v) is 5.63. The smallest absolute Gasteiger partial charge is 0.342 e. The second-order valence-corrected chi connectivity index (χ2v) is 3.91. The summed E-state index contributed by atoms with van der Waals surface area (Å²) in [7, 11) is 4.74. The molecule has 0 aliphatic rings. The van der Waals surface area contributed by atoms with Gasteiger partial charge in [0.15, 0.2) is 0 Å². The molecule has 104 valence electrons.